The second-order valence-corrected chi connectivity index (χ2v) is 3.44. The van der Waals surface area contributed by atoms with Crippen molar-refractivity contribution >= 4 is 11.8 Å². The van der Waals surface area contributed by atoms with E-state index in [-0.39, 0.29) is 31.0 Å². The van der Waals surface area contributed by atoms with Crippen LogP contribution in [0.15, 0.2) is 0 Å². The van der Waals surface area contributed by atoms with Gasteiger partial charge in [-0.25, -0.2) is 0 Å². The summed E-state index contributed by atoms with van der Waals surface area (Å²) < 4.78 is 4.37. The van der Waals surface area contributed by atoms with Gasteiger partial charge in [0.25, 0.3) is 0 Å². The van der Waals surface area contributed by atoms with Crippen molar-refractivity contribution in [2.75, 3.05) is 7.11 Å². The van der Waals surface area contributed by atoms with Gasteiger partial charge < -0.3 is 4.74 Å². The largest absolute Gasteiger partial charge is 0.469 e. The van der Waals surface area contributed by atoms with E-state index in [0.29, 0.717) is 0 Å². The van der Waals surface area contributed by atoms with Crippen molar-refractivity contribution in [3.63, 3.8) is 0 Å². The number of Topliss-reactive ketones (excluding diaryl/α,β-unsaturated/α-hetero) is 1. The van der Waals surface area contributed by atoms with Crippen LogP contribution in [0.1, 0.15) is 42.0 Å². The highest BCUT2D eigenvalue weighted by atomic mass is 16.5. The Balaban J connectivity index is -0.000000163. The summed E-state index contributed by atoms with van der Waals surface area (Å²) in [6.07, 6.45) is 0. The van der Waals surface area contributed by atoms with Gasteiger partial charge in [-0.2, -0.15) is 0 Å². The Hall–Kier alpha value is -0.860. The minimum atomic E-state index is -0.153. The number of carbonyl (C=O) groups is 2. The van der Waals surface area contributed by atoms with Gasteiger partial charge >= 0.3 is 5.97 Å². The van der Waals surface area contributed by atoms with E-state index in [9.17, 15) is 9.59 Å². The highest BCUT2D eigenvalue weighted by Crippen LogP contribution is 1.92. The number of hydrogen-bond donors (Lipinski definition) is 0. The molecule has 86 valence electrons. The maximum absolute atomic E-state index is 10.3. The third-order valence-electron chi connectivity index (χ3n) is 1.49. The number of esters is 1. The molecule has 0 N–H and O–H groups in total. The molecule has 3 nitrogen and oxygen atoms in total. The molecule has 0 aromatic rings. The Morgan fingerprint density at radius 1 is 1.00 bits per heavy atom. The Morgan fingerprint density at radius 3 is 1.29 bits per heavy atom. The van der Waals surface area contributed by atoms with Gasteiger partial charge in [0.05, 0.1) is 13.0 Å². The molecule has 0 fully saturated rings. The predicted octanol–water partition coefficient (Wildman–Crippen LogP) is 2.68. The topological polar surface area (TPSA) is 43.4 Å². The van der Waals surface area contributed by atoms with E-state index in [4.69, 9.17) is 0 Å². The number of ketones is 1. The molecule has 0 radical (unpaired) electrons. The maximum atomic E-state index is 10.3. The molecule has 0 unspecified atom stereocenters. The highest BCUT2D eigenvalue weighted by Gasteiger charge is 2.03. The SMILES string of the molecule is C.CC(=O)C(C)C.COC(=O)C(C)C. The molecule has 3 heteroatoms. The van der Waals surface area contributed by atoms with Crippen molar-refractivity contribution in [3.8, 4) is 0 Å². The Kier molecular flexibility index (Phi) is 13.8. The van der Waals surface area contributed by atoms with E-state index in [2.05, 4.69) is 4.74 Å². The van der Waals surface area contributed by atoms with Crippen LogP contribution >= 0.6 is 0 Å². The van der Waals surface area contributed by atoms with E-state index < -0.39 is 0 Å². The summed E-state index contributed by atoms with van der Waals surface area (Å²) in [5.74, 6) is 0.324. The lowest BCUT2D eigenvalue weighted by Crippen LogP contribution is -2.07. The molecule has 0 aromatic carbocycles. The summed E-state index contributed by atoms with van der Waals surface area (Å²) >= 11 is 0. The number of hydrogen-bond acceptors (Lipinski definition) is 3. The lowest BCUT2D eigenvalue weighted by Gasteiger charge is -1.97. The summed E-state index contributed by atoms with van der Waals surface area (Å²) in [4.78, 5) is 20.4. The van der Waals surface area contributed by atoms with Crippen LogP contribution in [-0.4, -0.2) is 18.9 Å². The van der Waals surface area contributed by atoms with E-state index >= 15 is 0 Å². The van der Waals surface area contributed by atoms with Crippen molar-refractivity contribution in [1.29, 1.82) is 0 Å². The lowest BCUT2D eigenvalue weighted by atomic mass is 10.1. The summed E-state index contributed by atoms with van der Waals surface area (Å²) in [6.45, 7) is 8.98. The van der Waals surface area contributed by atoms with Gasteiger partial charge in [0.1, 0.15) is 5.78 Å². The monoisotopic (exact) mass is 204 g/mol. The highest BCUT2D eigenvalue weighted by molar-refractivity contribution is 5.77. The van der Waals surface area contributed by atoms with Crippen LogP contribution < -0.4 is 0 Å². The van der Waals surface area contributed by atoms with E-state index in [0.717, 1.165) is 0 Å². The van der Waals surface area contributed by atoms with Crippen molar-refractivity contribution in [3.05, 3.63) is 0 Å². The molecule has 0 rings (SSSR count). The number of methoxy groups -OCH3 is 1. The third-order valence-corrected chi connectivity index (χ3v) is 1.49. The first-order valence-corrected chi connectivity index (χ1v) is 4.41. The molecule has 0 atom stereocenters. The quantitative estimate of drug-likeness (QED) is 0.649. The Morgan fingerprint density at radius 2 is 1.29 bits per heavy atom. The molecule has 0 heterocycles. The van der Waals surface area contributed by atoms with Crippen molar-refractivity contribution in [2.45, 2.75) is 42.0 Å². The van der Waals surface area contributed by atoms with E-state index in [1.807, 2.05) is 13.8 Å². The first-order chi connectivity index (χ1) is 5.82. The first kappa shape index (κ1) is 18.8. The van der Waals surface area contributed by atoms with Crippen LogP contribution in [-0.2, 0) is 14.3 Å². The normalized spacial score (nSPS) is 8.57. The van der Waals surface area contributed by atoms with Gasteiger partial charge in [0.15, 0.2) is 0 Å². The third kappa shape index (κ3) is 13.7. The summed E-state index contributed by atoms with van der Waals surface area (Å²) in [7, 11) is 1.39. The number of rotatable bonds is 2. The summed E-state index contributed by atoms with van der Waals surface area (Å²) in [6, 6.07) is 0. The Labute approximate surface area is 87.8 Å². The van der Waals surface area contributed by atoms with Crippen LogP contribution in [0.4, 0.5) is 0 Å². The molecule has 0 spiro atoms. The molecule has 0 aliphatic rings. The molecule has 0 aliphatic heterocycles. The molecule has 14 heavy (non-hydrogen) atoms. The van der Waals surface area contributed by atoms with Crippen molar-refractivity contribution < 1.29 is 14.3 Å². The fraction of sp³-hybridized carbons (Fsp3) is 0.818. The van der Waals surface area contributed by atoms with Gasteiger partial charge in [-0.1, -0.05) is 35.1 Å². The Bertz CT molecular complexity index is 160. The molecule has 0 aromatic heterocycles. The lowest BCUT2D eigenvalue weighted by molar-refractivity contribution is -0.144. The van der Waals surface area contributed by atoms with Crippen LogP contribution in [0.2, 0.25) is 0 Å². The van der Waals surface area contributed by atoms with Crippen molar-refractivity contribution in [2.24, 2.45) is 11.8 Å². The van der Waals surface area contributed by atoms with E-state index in [1.165, 1.54) is 7.11 Å². The van der Waals surface area contributed by atoms with Crippen molar-refractivity contribution in [1.82, 2.24) is 0 Å². The van der Waals surface area contributed by atoms with Crippen LogP contribution in [0.3, 0.4) is 0 Å². The number of ether oxygens (including phenoxy) is 1. The average molecular weight is 204 g/mol. The fourth-order valence-electron chi connectivity index (χ4n) is 0.236. The van der Waals surface area contributed by atoms with Crippen LogP contribution in [0.25, 0.3) is 0 Å². The molecule has 0 saturated carbocycles. The minimum Gasteiger partial charge on any atom is -0.469 e. The molecular weight excluding hydrogens is 180 g/mol. The average Bonchev–Trinajstić information content (AvgIpc) is 2.03. The number of carbonyl (C=O) groups excluding carboxylic acids is 2. The predicted molar refractivity (Wildman–Crippen MR) is 59.1 cm³/mol. The zero-order valence-corrected chi connectivity index (χ0v) is 9.38. The van der Waals surface area contributed by atoms with Gasteiger partial charge in [0, 0.05) is 5.92 Å². The van der Waals surface area contributed by atoms with Gasteiger partial charge in [0.2, 0.25) is 0 Å². The molecule has 0 bridgehead atoms. The standard InChI is InChI=1S/C5H10O2.C5H10O.CH4/c1-4(2)5(6)7-3;1-4(2)5(3)6;/h4H,1-3H3;4H,1-3H3;1H4. The van der Waals surface area contributed by atoms with E-state index in [1.54, 1.807) is 20.8 Å². The maximum Gasteiger partial charge on any atom is 0.308 e. The van der Waals surface area contributed by atoms with Crippen LogP contribution in [0, 0.1) is 11.8 Å². The van der Waals surface area contributed by atoms with Gasteiger partial charge in [-0.05, 0) is 6.92 Å². The second-order valence-electron chi connectivity index (χ2n) is 3.44. The first-order valence-electron chi connectivity index (χ1n) is 4.41. The van der Waals surface area contributed by atoms with Gasteiger partial charge in [-0.15, -0.1) is 0 Å². The minimum absolute atomic E-state index is 0. The van der Waals surface area contributed by atoms with Crippen LogP contribution in [0.5, 0.6) is 0 Å². The molecular formula is C11H24O3. The molecule has 0 aliphatic carbocycles. The second kappa shape index (κ2) is 10.2. The molecule has 0 amide bonds. The zero-order chi connectivity index (χ0) is 11.0. The smallest absolute Gasteiger partial charge is 0.308 e. The molecule has 0 saturated heterocycles. The summed E-state index contributed by atoms with van der Waals surface area (Å²) in [5.41, 5.74) is 0. The fourth-order valence-corrected chi connectivity index (χ4v) is 0.236. The zero-order valence-electron chi connectivity index (χ0n) is 9.38. The van der Waals surface area contributed by atoms with Gasteiger partial charge in [-0.3, -0.25) is 9.59 Å². The summed E-state index contributed by atoms with van der Waals surface area (Å²) in [5, 5.41) is 0.